The van der Waals surface area contributed by atoms with Crippen LogP contribution in [0.15, 0.2) is 0 Å². The summed E-state index contributed by atoms with van der Waals surface area (Å²) in [5.41, 5.74) is 10.6. The third-order valence-corrected chi connectivity index (χ3v) is 0.790. The molecule has 0 aromatic carbocycles. The van der Waals surface area contributed by atoms with E-state index in [1.807, 2.05) is 0 Å². The van der Waals surface area contributed by atoms with Gasteiger partial charge in [-0.3, -0.25) is 0 Å². The molecule has 0 aliphatic heterocycles. The summed E-state index contributed by atoms with van der Waals surface area (Å²) in [5.74, 6) is 0. The van der Waals surface area contributed by atoms with Crippen LogP contribution in [0.2, 0.25) is 0 Å². The summed E-state index contributed by atoms with van der Waals surface area (Å²) in [5, 5.41) is 0. The van der Waals surface area contributed by atoms with E-state index < -0.39 is 0 Å². The molecule has 0 heterocycles. The number of ether oxygens (including phenoxy) is 1. The second kappa shape index (κ2) is 8.46. The number of methoxy groups -OCH3 is 1. The first kappa shape index (κ1) is 16.2. The first-order valence-corrected chi connectivity index (χ1v) is 2.22. The maximum atomic E-state index is 5.30. The lowest BCUT2D eigenvalue weighted by molar-refractivity contribution is 0.0908. The van der Waals surface area contributed by atoms with Crippen molar-refractivity contribution in [1.29, 1.82) is 0 Å². The van der Waals surface area contributed by atoms with E-state index in [2.05, 4.69) is 4.74 Å². The number of hydrogen-bond donors (Lipinski definition) is 2. The summed E-state index contributed by atoms with van der Waals surface area (Å²) in [7, 11) is 1.54. The van der Waals surface area contributed by atoms with Gasteiger partial charge in [-0.25, -0.2) is 0 Å². The van der Waals surface area contributed by atoms with Gasteiger partial charge in [0.15, 0.2) is 0 Å². The van der Waals surface area contributed by atoms with E-state index in [4.69, 9.17) is 11.5 Å². The van der Waals surface area contributed by atoms with E-state index in [1.54, 1.807) is 6.92 Å². The van der Waals surface area contributed by atoms with Crippen molar-refractivity contribution < 1.29 is 4.74 Å². The molecule has 9 heavy (non-hydrogen) atoms. The second-order valence-electron chi connectivity index (χ2n) is 1.56. The SMILES string of the molecule is COC(N)C(C)N.Cl.Cl. The Labute approximate surface area is 67.9 Å². The molecule has 0 saturated carbocycles. The van der Waals surface area contributed by atoms with Crippen LogP contribution >= 0.6 is 24.8 Å². The smallest absolute Gasteiger partial charge is 0.120 e. The van der Waals surface area contributed by atoms with Crippen molar-refractivity contribution >= 4 is 24.8 Å². The normalized spacial score (nSPS) is 14.7. The van der Waals surface area contributed by atoms with Gasteiger partial charge in [-0.1, -0.05) is 0 Å². The largest absolute Gasteiger partial charge is 0.365 e. The van der Waals surface area contributed by atoms with Crippen LogP contribution in [0.4, 0.5) is 0 Å². The van der Waals surface area contributed by atoms with Crippen molar-refractivity contribution in [3.63, 3.8) is 0 Å². The summed E-state index contributed by atoms with van der Waals surface area (Å²) >= 11 is 0. The first-order chi connectivity index (χ1) is 3.18. The molecule has 4 N–H and O–H groups in total. The van der Waals surface area contributed by atoms with Gasteiger partial charge in [-0.15, -0.1) is 24.8 Å². The zero-order chi connectivity index (χ0) is 5.86. The van der Waals surface area contributed by atoms with Crippen LogP contribution in [-0.4, -0.2) is 19.4 Å². The van der Waals surface area contributed by atoms with E-state index in [0.29, 0.717) is 0 Å². The van der Waals surface area contributed by atoms with Crippen molar-refractivity contribution in [3.05, 3.63) is 0 Å². The molecule has 0 radical (unpaired) electrons. The Bertz CT molecular complexity index is 53.8. The fraction of sp³-hybridized carbons (Fsp3) is 1.00. The van der Waals surface area contributed by atoms with Gasteiger partial charge in [0.25, 0.3) is 0 Å². The van der Waals surface area contributed by atoms with Crippen LogP contribution in [0.1, 0.15) is 6.92 Å². The van der Waals surface area contributed by atoms with Crippen molar-refractivity contribution in [2.45, 2.75) is 19.2 Å². The predicted molar refractivity (Wildman–Crippen MR) is 43.1 cm³/mol. The molecule has 0 aromatic rings. The molecule has 0 amide bonds. The Morgan fingerprint density at radius 1 is 1.22 bits per heavy atom. The topological polar surface area (TPSA) is 61.3 Å². The Morgan fingerprint density at radius 3 is 1.56 bits per heavy atom. The van der Waals surface area contributed by atoms with E-state index >= 15 is 0 Å². The lowest BCUT2D eigenvalue weighted by Gasteiger charge is -2.11. The van der Waals surface area contributed by atoms with E-state index in [1.165, 1.54) is 7.11 Å². The lowest BCUT2D eigenvalue weighted by Crippen LogP contribution is -2.40. The summed E-state index contributed by atoms with van der Waals surface area (Å²) in [6.07, 6.45) is -0.319. The summed E-state index contributed by atoms with van der Waals surface area (Å²) < 4.78 is 4.66. The highest BCUT2D eigenvalue weighted by Gasteiger charge is 2.02. The second-order valence-corrected chi connectivity index (χ2v) is 1.56. The minimum absolute atomic E-state index is 0. The van der Waals surface area contributed by atoms with Gasteiger partial charge in [0.1, 0.15) is 6.23 Å². The Hall–Kier alpha value is 0.460. The molecule has 0 spiro atoms. The first-order valence-electron chi connectivity index (χ1n) is 2.22. The van der Waals surface area contributed by atoms with Gasteiger partial charge in [0, 0.05) is 13.2 Å². The molecular weight excluding hydrogens is 163 g/mol. The van der Waals surface area contributed by atoms with Crippen molar-refractivity contribution in [1.82, 2.24) is 0 Å². The summed E-state index contributed by atoms with van der Waals surface area (Å²) in [6, 6.07) is -0.0787. The van der Waals surface area contributed by atoms with Crippen LogP contribution in [0.25, 0.3) is 0 Å². The highest BCUT2D eigenvalue weighted by molar-refractivity contribution is 5.85. The van der Waals surface area contributed by atoms with E-state index in [0.717, 1.165) is 0 Å². The highest BCUT2D eigenvalue weighted by Crippen LogP contribution is 1.81. The molecule has 2 unspecified atom stereocenters. The minimum atomic E-state index is -0.319. The molecule has 0 bridgehead atoms. The van der Waals surface area contributed by atoms with Crippen molar-refractivity contribution in [3.8, 4) is 0 Å². The molecule has 3 nitrogen and oxygen atoms in total. The van der Waals surface area contributed by atoms with Gasteiger partial charge in [-0.2, -0.15) is 0 Å². The standard InChI is InChI=1S/C4H12N2O.2ClH/c1-3(5)4(6)7-2;;/h3-4H,5-6H2,1-2H3;2*1H. The molecule has 60 valence electrons. The van der Waals surface area contributed by atoms with E-state index in [-0.39, 0.29) is 37.1 Å². The van der Waals surface area contributed by atoms with Crippen molar-refractivity contribution in [2.24, 2.45) is 11.5 Å². The monoisotopic (exact) mass is 176 g/mol. The number of nitrogens with two attached hydrogens (primary N) is 2. The molecule has 0 aromatic heterocycles. The maximum Gasteiger partial charge on any atom is 0.120 e. The number of halogens is 2. The van der Waals surface area contributed by atoms with Crippen LogP contribution in [-0.2, 0) is 4.74 Å². The fourth-order valence-corrected chi connectivity index (χ4v) is 0.215. The highest BCUT2D eigenvalue weighted by atomic mass is 35.5. The molecule has 5 heteroatoms. The van der Waals surface area contributed by atoms with Crippen LogP contribution in [0.5, 0.6) is 0 Å². The quantitative estimate of drug-likeness (QED) is 0.588. The zero-order valence-electron chi connectivity index (χ0n) is 5.53. The molecule has 0 fully saturated rings. The summed E-state index contributed by atoms with van der Waals surface area (Å²) in [6.45, 7) is 1.80. The van der Waals surface area contributed by atoms with Gasteiger partial charge >= 0.3 is 0 Å². The third-order valence-electron chi connectivity index (χ3n) is 0.790. The Kier molecular flexibility index (Phi) is 15.3. The molecule has 0 saturated heterocycles. The van der Waals surface area contributed by atoms with Crippen LogP contribution in [0.3, 0.4) is 0 Å². The fourth-order valence-electron chi connectivity index (χ4n) is 0.215. The molecule has 0 aliphatic rings. The molecule has 2 atom stereocenters. The predicted octanol–water partition coefficient (Wildman–Crippen LogP) is 0.108. The number of rotatable bonds is 2. The average molecular weight is 177 g/mol. The van der Waals surface area contributed by atoms with E-state index in [9.17, 15) is 0 Å². The maximum absolute atomic E-state index is 5.30. The third kappa shape index (κ3) is 8.46. The van der Waals surface area contributed by atoms with Gasteiger partial charge in [0.2, 0.25) is 0 Å². The van der Waals surface area contributed by atoms with Gasteiger partial charge in [0.05, 0.1) is 0 Å². The van der Waals surface area contributed by atoms with Crippen molar-refractivity contribution in [2.75, 3.05) is 7.11 Å². The minimum Gasteiger partial charge on any atom is -0.365 e. The van der Waals surface area contributed by atoms with Gasteiger partial charge < -0.3 is 16.2 Å². The molecule has 0 rings (SSSR count). The zero-order valence-corrected chi connectivity index (χ0v) is 7.17. The Balaban J connectivity index is -0.000000180. The van der Waals surface area contributed by atoms with Crippen LogP contribution < -0.4 is 11.5 Å². The van der Waals surface area contributed by atoms with Crippen LogP contribution in [0, 0.1) is 0 Å². The summed E-state index contributed by atoms with van der Waals surface area (Å²) in [4.78, 5) is 0. The lowest BCUT2D eigenvalue weighted by atomic mass is 10.3. The van der Waals surface area contributed by atoms with Gasteiger partial charge in [-0.05, 0) is 6.92 Å². The number of hydrogen-bond acceptors (Lipinski definition) is 3. The molecule has 0 aliphatic carbocycles. The molecular formula is C4H14Cl2N2O. The Morgan fingerprint density at radius 2 is 1.56 bits per heavy atom. The average Bonchev–Trinajstić information content (AvgIpc) is 1.65.